The van der Waals surface area contributed by atoms with Crippen LogP contribution in [0.4, 0.5) is 0 Å². The minimum Gasteiger partial charge on any atom is -0.232 e. The van der Waals surface area contributed by atoms with Gasteiger partial charge in [-0.2, -0.15) is 0 Å². The molecule has 0 heterocycles. The van der Waals surface area contributed by atoms with E-state index in [1.165, 1.54) is 0 Å². The van der Waals surface area contributed by atoms with Crippen molar-refractivity contribution in [2.45, 2.75) is 32.6 Å². The van der Waals surface area contributed by atoms with Crippen LogP contribution in [0.15, 0.2) is 0 Å². The molecule has 0 aliphatic rings. The van der Waals surface area contributed by atoms with Crippen molar-refractivity contribution in [2.24, 2.45) is 0 Å². The van der Waals surface area contributed by atoms with E-state index in [0.717, 1.165) is 25.7 Å². The second-order valence-corrected chi connectivity index (χ2v) is 3.23. The van der Waals surface area contributed by atoms with Gasteiger partial charge in [0.2, 0.25) is 0 Å². The molecule has 2 nitrogen and oxygen atoms in total. The molecule has 0 spiro atoms. The van der Waals surface area contributed by atoms with Gasteiger partial charge in [-0.25, -0.2) is 8.42 Å². The second-order valence-electron chi connectivity index (χ2n) is 2.12. The van der Waals surface area contributed by atoms with Crippen LogP contribution in [0.5, 0.6) is 0 Å². The van der Waals surface area contributed by atoms with Crippen molar-refractivity contribution in [2.75, 3.05) is 5.75 Å². The maximum absolute atomic E-state index is 10.00. The van der Waals surface area contributed by atoms with Gasteiger partial charge in [0.25, 0.3) is 0 Å². The summed E-state index contributed by atoms with van der Waals surface area (Å²) in [6.45, 7) is 2.11. The van der Waals surface area contributed by atoms with Crippen LogP contribution in [0.1, 0.15) is 32.6 Å². The number of rotatable bonds is 5. The van der Waals surface area contributed by atoms with Crippen LogP contribution in [-0.2, 0) is 10.7 Å². The Hall–Kier alpha value is -0.0500. The summed E-state index contributed by atoms with van der Waals surface area (Å²) in [5.41, 5.74) is 0. The summed E-state index contributed by atoms with van der Waals surface area (Å²) >= 11 is 0. The van der Waals surface area contributed by atoms with Crippen molar-refractivity contribution in [3.05, 3.63) is 0 Å². The SMILES string of the molecule is CCCCCC[SH](=O)=O. The smallest absolute Gasteiger partial charge is 0.140 e. The maximum Gasteiger partial charge on any atom is 0.140 e. The van der Waals surface area contributed by atoms with E-state index in [9.17, 15) is 8.42 Å². The molecule has 0 fully saturated rings. The minimum atomic E-state index is -2.12. The predicted molar refractivity (Wildman–Crippen MR) is 39.3 cm³/mol. The highest BCUT2D eigenvalue weighted by atomic mass is 32.2. The summed E-state index contributed by atoms with van der Waals surface area (Å²) in [4.78, 5) is 0. The molecule has 0 aromatic rings. The molecule has 3 heteroatoms. The zero-order chi connectivity index (χ0) is 7.11. The topological polar surface area (TPSA) is 34.1 Å². The molecule has 0 aromatic carbocycles. The Morgan fingerprint density at radius 2 is 1.78 bits per heavy atom. The molecule has 0 aromatic heterocycles. The summed E-state index contributed by atoms with van der Waals surface area (Å²) < 4.78 is 20.0. The predicted octanol–water partition coefficient (Wildman–Crippen LogP) is 1.18. The van der Waals surface area contributed by atoms with Crippen LogP contribution in [-0.4, -0.2) is 14.2 Å². The lowest BCUT2D eigenvalue weighted by Gasteiger charge is -1.90. The number of hydrogen-bond acceptors (Lipinski definition) is 2. The highest BCUT2D eigenvalue weighted by Gasteiger charge is 1.87. The summed E-state index contributed by atoms with van der Waals surface area (Å²) in [5.74, 6) is 0.370. The van der Waals surface area contributed by atoms with E-state index in [4.69, 9.17) is 0 Å². The average molecular weight is 150 g/mol. The first kappa shape index (κ1) is 8.95. The van der Waals surface area contributed by atoms with Crippen molar-refractivity contribution < 1.29 is 8.42 Å². The fourth-order valence-corrected chi connectivity index (χ4v) is 1.15. The van der Waals surface area contributed by atoms with E-state index >= 15 is 0 Å². The highest BCUT2D eigenvalue weighted by Crippen LogP contribution is 1.97. The monoisotopic (exact) mass is 150 g/mol. The van der Waals surface area contributed by atoms with Gasteiger partial charge in [-0.05, 0) is 6.42 Å². The first-order valence-corrected chi connectivity index (χ1v) is 4.75. The Kier molecular flexibility index (Phi) is 6.04. The van der Waals surface area contributed by atoms with E-state index in [-0.39, 0.29) is 0 Å². The molecule has 0 bridgehead atoms. The van der Waals surface area contributed by atoms with Gasteiger partial charge >= 0.3 is 0 Å². The van der Waals surface area contributed by atoms with Gasteiger partial charge in [0.15, 0.2) is 0 Å². The van der Waals surface area contributed by atoms with Crippen LogP contribution in [0, 0.1) is 0 Å². The number of thiol groups is 1. The molecule has 0 radical (unpaired) electrons. The molecular formula is C6H14O2S. The molecule has 0 atom stereocenters. The van der Waals surface area contributed by atoms with Crippen LogP contribution in [0.2, 0.25) is 0 Å². The third-order valence-corrected chi connectivity index (χ3v) is 1.88. The molecule has 56 valence electrons. The molecule has 0 saturated carbocycles. The van der Waals surface area contributed by atoms with Gasteiger partial charge in [0.05, 0.1) is 0 Å². The Balaban J connectivity index is 2.92. The Morgan fingerprint density at radius 1 is 1.11 bits per heavy atom. The third kappa shape index (κ3) is 7.95. The van der Waals surface area contributed by atoms with E-state index < -0.39 is 10.7 Å². The number of hydrogen-bond donors (Lipinski definition) is 1. The highest BCUT2D eigenvalue weighted by molar-refractivity contribution is 7.72. The lowest BCUT2D eigenvalue weighted by Crippen LogP contribution is -1.86. The summed E-state index contributed by atoms with van der Waals surface area (Å²) in [7, 11) is -2.12. The quantitative estimate of drug-likeness (QED) is 0.471. The number of unbranched alkanes of at least 4 members (excludes halogenated alkanes) is 3. The Bertz CT molecular complexity index is 110. The molecule has 0 aliphatic heterocycles. The van der Waals surface area contributed by atoms with Crippen molar-refractivity contribution in [1.82, 2.24) is 0 Å². The molecule has 9 heavy (non-hydrogen) atoms. The van der Waals surface area contributed by atoms with Crippen molar-refractivity contribution in [1.29, 1.82) is 0 Å². The Labute approximate surface area is 58.2 Å². The van der Waals surface area contributed by atoms with E-state index in [1.807, 2.05) is 0 Å². The lowest BCUT2D eigenvalue weighted by molar-refractivity contribution is 0.607. The van der Waals surface area contributed by atoms with Crippen LogP contribution in [0.3, 0.4) is 0 Å². The van der Waals surface area contributed by atoms with Gasteiger partial charge in [-0.3, -0.25) is 0 Å². The van der Waals surface area contributed by atoms with Crippen molar-refractivity contribution >= 4 is 10.7 Å². The fourth-order valence-electron chi connectivity index (χ4n) is 0.668. The summed E-state index contributed by atoms with van der Waals surface area (Å²) in [5, 5.41) is 0. The minimum absolute atomic E-state index is 0.370. The maximum atomic E-state index is 10.00. The van der Waals surface area contributed by atoms with Crippen molar-refractivity contribution in [3.8, 4) is 0 Å². The first-order valence-electron chi connectivity index (χ1n) is 3.39. The molecule has 0 amide bonds. The zero-order valence-electron chi connectivity index (χ0n) is 5.80. The van der Waals surface area contributed by atoms with E-state index in [1.54, 1.807) is 0 Å². The summed E-state index contributed by atoms with van der Waals surface area (Å²) in [6, 6.07) is 0. The normalized spacial score (nSPS) is 10.4. The third-order valence-electron chi connectivity index (χ3n) is 1.19. The molecule has 0 N–H and O–H groups in total. The van der Waals surface area contributed by atoms with Crippen LogP contribution >= 0.6 is 0 Å². The standard InChI is InChI=1S/C6H14O2S/c1-2-3-4-5-6-9(7)8/h9H,2-6H2,1H3. The van der Waals surface area contributed by atoms with Crippen LogP contribution in [0.25, 0.3) is 0 Å². The molecule has 0 rings (SSSR count). The second kappa shape index (κ2) is 6.08. The van der Waals surface area contributed by atoms with E-state index in [0.29, 0.717) is 5.75 Å². The molecular weight excluding hydrogens is 136 g/mol. The van der Waals surface area contributed by atoms with E-state index in [2.05, 4.69) is 6.92 Å². The van der Waals surface area contributed by atoms with Crippen LogP contribution < -0.4 is 0 Å². The largest absolute Gasteiger partial charge is 0.232 e. The summed E-state index contributed by atoms with van der Waals surface area (Å²) in [6.07, 6.45) is 4.21. The molecule has 0 aliphatic carbocycles. The van der Waals surface area contributed by atoms with Crippen molar-refractivity contribution in [3.63, 3.8) is 0 Å². The fraction of sp³-hybridized carbons (Fsp3) is 1.00. The average Bonchev–Trinajstić information content (AvgIpc) is 1.80. The molecule has 0 saturated heterocycles. The van der Waals surface area contributed by atoms with Gasteiger partial charge in [0, 0.05) is 5.75 Å². The first-order chi connectivity index (χ1) is 4.27. The van der Waals surface area contributed by atoms with Gasteiger partial charge < -0.3 is 0 Å². The zero-order valence-corrected chi connectivity index (χ0v) is 6.69. The molecule has 0 unspecified atom stereocenters. The van der Waals surface area contributed by atoms with Gasteiger partial charge in [-0.1, -0.05) is 26.2 Å². The lowest BCUT2D eigenvalue weighted by atomic mass is 10.2. The van der Waals surface area contributed by atoms with Gasteiger partial charge in [-0.15, -0.1) is 0 Å². The Morgan fingerprint density at radius 3 is 2.22 bits per heavy atom. The van der Waals surface area contributed by atoms with Gasteiger partial charge in [0.1, 0.15) is 10.7 Å².